The van der Waals surface area contributed by atoms with Gasteiger partial charge in [-0.05, 0) is 38.8 Å². The van der Waals surface area contributed by atoms with Gasteiger partial charge in [0.25, 0.3) is 0 Å². The molecule has 1 aromatic heterocycles. The smallest absolute Gasteiger partial charge is 0.309 e. The maximum absolute atomic E-state index is 11.7. The second-order valence-electron chi connectivity index (χ2n) is 4.99. The number of aromatic nitrogens is 1. The second-order valence-corrected chi connectivity index (χ2v) is 4.99. The van der Waals surface area contributed by atoms with Gasteiger partial charge in [0.1, 0.15) is 0 Å². The van der Waals surface area contributed by atoms with Crippen LogP contribution in [-0.2, 0) is 9.53 Å². The number of rotatable bonds is 4. The van der Waals surface area contributed by atoms with Gasteiger partial charge in [0.2, 0.25) is 0 Å². The maximum Gasteiger partial charge on any atom is 0.309 e. The van der Waals surface area contributed by atoms with E-state index in [9.17, 15) is 4.79 Å². The SMILES string of the molecule is CCOC(=O)C1CCN(c2nc(C)ccc2OC)CC1. The summed E-state index contributed by atoms with van der Waals surface area (Å²) in [5.74, 6) is 1.60. The van der Waals surface area contributed by atoms with Gasteiger partial charge >= 0.3 is 5.97 Å². The molecule has 0 bridgehead atoms. The van der Waals surface area contributed by atoms with E-state index >= 15 is 0 Å². The number of piperidine rings is 1. The predicted octanol–water partition coefficient (Wildman–Crippen LogP) is 2.18. The van der Waals surface area contributed by atoms with Crippen LogP contribution in [0, 0.1) is 12.8 Å². The lowest BCUT2D eigenvalue weighted by Gasteiger charge is -2.32. The molecule has 5 nitrogen and oxygen atoms in total. The van der Waals surface area contributed by atoms with Gasteiger partial charge in [-0.15, -0.1) is 0 Å². The minimum atomic E-state index is -0.0729. The molecule has 0 atom stereocenters. The summed E-state index contributed by atoms with van der Waals surface area (Å²) in [6.07, 6.45) is 1.61. The molecule has 110 valence electrons. The summed E-state index contributed by atoms with van der Waals surface area (Å²) in [6.45, 7) is 5.86. The van der Waals surface area contributed by atoms with Gasteiger partial charge < -0.3 is 14.4 Å². The van der Waals surface area contributed by atoms with Crippen LogP contribution in [0.5, 0.6) is 5.75 Å². The van der Waals surface area contributed by atoms with Crippen molar-refractivity contribution >= 4 is 11.8 Å². The van der Waals surface area contributed by atoms with Crippen LogP contribution in [-0.4, -0.2) is 37.8 Å². The van der Waals surface area contributed by atoms with E-state index in [1.165, 1.54) is 0 Å². The molecule has 0 radical (unpaired) electrons. The first-order valence-corrected chi connectivity index (χ1v) is 7.09. The maximum atomic E-state index is 11.7. The number of aryl methyl sites for hydroxylation is 1. The Hall–Kier alpha value is -1.78. The van der Waals surface area contributed by atoms with Crippen molar-refractivity contribution in [2.75, 3.05) is 31.7 Å². The fraction of sp³-hybridized carbons (Fsp3) is 0.600. The molecule has 0 aromatic carbocycles. The van der Waals surface area contributed by atoms with E-state index < -0.39 is 0 Å². The minimum absolute atomic E-state index is 0.0157. The normalized spacial score (nSPS) is 16.1. The average molecular weight is 278 g/mol. The topological polar surface area (TPSA) is 51.7 Å². The van der Waals surface area contributed by atoms with Crippen molar-refractivity contribution in [3.63, 3.8) is 0 Å². The van der Waals surface area contributed by atoms with Gasteiger partial charge in [-0.1, -0.05) is 0 Å². The molecule has 0 N–H and O–H groups in total. The Labute approximate surface area is 119 Å². The lowest BCUT2D eigenvalue weighted by atomic mass is 9.97. The Bertz CT molecular complexity index is 468. The summed E-state index contributed by atoms with van der Waals surface area (Å²) in [6, 6.07) is 3.88. The van der Waals surface area contributed by atoms with Crippen LogP contribution in [0.25, 0.3) is 0 Å². The standard InChI is InChI=1S/C15H22N2O3/c1-4-20-15(18)12-7-9-17(10-8-12)14-13(19-3)6-5-11(2)16-14/h5-6,12H,4,7-10H2,1-3H3. The molecule has 2 heterocycles. The van der Waals surface area contributed by atoms with Crippen LogP contribution in [0.2, 0.25) is 0 Å². The first-order valence-electron chi connectivity index (χ1n) is 7.09. The molecular weight excluding hydrogens is 256 g/mol. The summed E-state index contributed by atoms with van der Waals surface area (Å²) >= 11 is 0. The summed E-state index contributed by atoms with van der Waals surface area (Å²) < 4.78 is 10.5. The Morgan fingerprint density at radius 1 is 1.40 bits per heavy atom. The van der Waals surface area contributed by atoms with Crippen molar-refractivity contribution < 1.29 is 14.3 Å². The molecule has 0 saturated carbocycles. The highest BCUT2D eigenvalue weighted by molar-refractivity contribution is 5.73. The summed E-state index contributed by atoms with van der Waals surface area (Å²) in [4.78, 5) is 18.5. The number of ether oxygens (including phenoxy) is 2. The average Bonchev–Trinajstić information content (AvgIpc) is 2.47. The second kappa shape index (κ2) is 6.59. The fourth-order valence-electron chi connectivity index (χ4n) is 2.50. The van der Waals surface area contributed by atoms with Gasteiger partial charge in [-0.2, -0.15) is 0 Å². The number of hydrogen-bond acceptors (Lipinski definition) is 5. The van der Waals surface area contributed by atoms with Gasteiger partial charge in [0, 0.05) is 18.8 Å². The number of pyridine rings is 1. The molecule has 0 spiro atoms. The molecule has 1 aromatic rings. The van der Waals surface area contributed by atoms with Crippen LogP contribution in [0.3, 0.4) is 0 Å². The highest BCUT2D eigenvalue weighted by atomic mass is 16.5. The van der Waals surface area contributed by atoms with Crippen LogP contribution in [0.15, 0.2) is 12.1 Å². The lowest BCUT2D eigenvalue weighted by molar-refractivity contribution is -0.148. The zero-order valence-corrected chi connectivity index (χ0v) is 12.4. The number of nitrogens with zero attached hydrogens (tertiary/aromatic N) is 2. The summed E-state index contributed by atoms with van der Waals surface area (Å²) in [5, 5.41) is 0. The molecule has 1 saturated heterocycles. The van der Waals surface area contributed by atoms with Crippen LogP contribution in [0.1, 0.15) is 25.5 Å². The number of hydrogen-bond donors (Lipinski definition) is 0. The molecule has 1 aliphatic rings. The van der Waals surface area contributed by atoms with E-state index in [1.54, 1.807) is 7.11 Å². The Morgan fingerprint density at radius 3 is 2.70 bits per heavy atom. The van der Waals surface area contributed by atoms with Gasteiger partial charge in [-0.3, -0.25) is 4.79 Å². The molecule has 2 rings (SSSR count). The minimum Gasteiger partial charge on any atom is -0.493 e. The lowest BCUT2D eigenvalue weighted by Crippen LogP contribution is -2.37. The molecule has 20 heavy (non-hydrogen) atoms. The van der Waals surface area contributed by atoms with Crippen molar-refractivity contribution in [3.05, 3.63) is 17.8 Å². The third kappa shape index (κ3) is 3.21. The van der Waals surface area contributed by atoms with E-state index in [1.807, 2.05) is 26.0 Å². The molecule has 1 fully saturated rings. The molecule has 5 heteroatoms. The van der Waals surface area contributed by atoms with E-state index in [0.29, 0.717) is 6.61 Å². The Balaban J connectivity index is 2.03. The highest BCUT2D eigenvalue weighted by Gasteiger charge is 2.27. The predicted molar refractivity (Wildman–Crippen MR) is 77.1 cm³/mol. The number of carbonyl (C=O) groups is 1. The number of carbonyl (C=O) groups excluding carboxylic acids is 1. The highest BCUT2D eigenvalue weighted by Crippen LogP contribution is 2.30. The molecule has 0 unspecified atom stereocenters. The number of esters is 1. The van der Waals surface area contributed by atoms with Crippen molar-refractivity contribution in [1.29, 1.82) is 0 Å². The van der Waals surface area contributed by atoms with E-state index in [0.717, 1.165) is 43.2 Å². The Kier molecular flexibility index (Phi) is 4.82. The first-order chi connectivity index (χ1) is 9.65. The number of anilines is 1. The third-order valence-corrected chi connectivity index (χ3v) is 3.61. The van der Waals surface area contributed by atoms with Crippen molar-refractivity contribution in [1.82, 2.24) is 4.98 Å². The van der Waals surface area contributed by atoms with E-state index in [2.05, 4.69) is 9.88 Å². The van der Waals surface area contributed by atoms with Gasteiger partial charge in [0.15, 0.2) is 11.6 Å². The van der Waals surface area contributed by atoms with Crippen molar-refractivity contribution in [2.24, 2.45) is 5.92 Å². The molecule has 1 aliphatic heterocycles. The van der Waals surface area contributed by atoms with Crippen molar-refractivity contribution in [3.8, 4) is 5.75 Å². The van der Waals surface area contributed by atoms with E-state index in [4.69, 9.17) is 9.47 Å². The quantitative estimate of drug-likeness (QED) is 0.790. The van der Waals surface area contributed by atoms with Crippen LogP contribution < -0.4 is 9.64 Å². The largest absolute Gasteiger partial charge is 0.493 e. The number of methoxy groups -OCH3 is 1. The zero-order chi connectivity index (χ0) is 14.5. The van der Waals surface area contributed by atoms with E-state index in [-0.39, 0.29) is 11.9 Å². The third-order valence-electron chi connectivity index (χ3n) is 3.61. The first kappa shape index (κ1) is 14.6. The molecule has 0 aliphatic carbocycles. The zero-order valence-electron chi connectivity index (χ0n) is 12.4. The van der Waals surface area contributed by atoms with Gasteiger partial charge in [-0.25, -0.2) is 4.98 Å². The fourth-order valence-corrected chi connectivity index (χ4v) is 2.50. The van der Waals surface area contributed by atoms with Gasteiger partial charge in [0.05, 0.1) is 19.6 Å². The van der Waals surface area contributed by atoms with Crippen LogP contribution >= 0.6 is 0 Å². The molecular formula is C15H22N2O3. The summed E-state index contributed by atoms with van der Waals surface area (Å²) in [7, 11) is 1.65. The Morgan fingerprint density at radius 2 is 2.10 bits per heavy atom. The van der Waals surface area contributed by atoms with Crippen molar-refractivity contribution in [2.45, 2.75) is 26.7 Å². The van der Waals surface area contributed by atoms with Crippen LogP contribution in [0.4, 0.5) is 5.82 Å². The summed E-state index contributed by atoms with van der Waals surface area (Å²) in [5.41, 5.74) is 0.966. The monoisotopic (exact) mass is 278 g/mol. The molecule has 0 amide bonds.